The van der Waals surface area contributed by atoms with E-state index in [-0.39, 0.29) is 22.3 Å². The third-order valence-electron chi connectivity index (χ3n) is 6.39. The summed E-state index contributed by atoms with van der Waals surface area (Å²) in [5.41, 5.74) is 0. The Kier molecular flexibility index (Phi) is 78.0. The molecule has 6 heteroatoms. The fourth-order valence-electron chi connectivity index (χ4n) is 3.60. The maximum absolute atomic E-state index is 8.63. The van der Waals surface area contributed by atoms with Gasteiger partial charge in [0.25, 0.3) is 0 Å². The molecule has 8 aromatic rings. The smallest absolute Gasteiger partial charge is 0.115 e. The van der Waals surface area contributed by atoms with E-state index in [4.69, 9.17) is 15.3 Å². The van der Waals surface area contributed by atoms with Crippen molar-refractivity contribution in [3.63, 3.8) is 0 Å². The van der Waals surface area contributed by atoms with Crippen molar-refractivity contribution >= 4 is 34.0 Å². The van der Waals surface area contributed by atoms with Crippen LogP contribution in [0.15, 0.2) is 216 Å². The lowest BCUT2D eigenvalue weighted by Crippen LogP contribution is -1.63. The van der Waals surface area contributed by atoms with Crippen molar-refractivity contribution in [1.82, 2.24) is 0 Å². The summed E-state index contributed by atoms with van der Waals surface area (Å²) >= 11 is 5.47. The number of benzene rings is 5. The summed E-state index contributed by atoms with van der Waals surface area (Å²) in [7, 11) is 0. The van der Waals surface area contributed by atoms with Crippen LogP contribution in [0.3, 0.4) is 0 Å². The molecule has 0 aliphatic carbocycles. The van der Waals surface area contributed by atoms with Gasteiger partial charge in [-0.05, 0) is 90.0 Å². The average Bonchev–Trinajstić information content (AvgIpc) is 4.20. The lowest BCUT2D eigenvalue weighted by Gasteiger charge is -1.82. The van der Waals surface area contributed by atoms with E-state index in [1.165, 1.54) is 59.6 Å². The number of para-hydroxylation sites is 3. The number of rotatable bonds is 3. The Bertz CT molecular complexity index is 1610. The van der Waals surface area contributed by atoms with Gasteiger partial charge >= 0.3 is 0 Å². The van der Waals surface area contributed by atoms with E-state index in [0.29, 0.717) is 17.2 Å². The van der Waals surface area contributed by atoms with Crippen LogP contribution < -0.4 is 0 Å². The van der Waals surface area contributed by atoms with Gasteiger partial charge in [-0.3, -0.25) is 0 Å². The predicted octanol–water partition coefficient (Wildman–Crippen LogP) is 22.1. The molecule has 69 heavy (non-hydrogen) atoms. The normalized spacial score (nSPS) is 7.87. The van der Waals surface area contributed by atoms with Crippen LogP contribution in [0.5, 0.6) is 17.2 Å². The van der Waals surface area contributed by atoms with E-state index in [1.54, 1.807) is 72.8 Å². The van der Waals surface area contributed by atoms with Crippen molar-refractivity contribution in [2.75, 3.05) is 0 Å². The van der Waals surface area contributed by atoms with E-state index >= 15 is 0 Å². The Morgan fingerprint density at radius 1 is 0.246 bits per heavy atom. The molecule has 0 atom stereocenters. The summed E-state index contributed by atoms with van der Waals surface area (Å²) in [6.07, 6.45) is 8.53. The van der Waals surface area contributed by atoms with Crippen LogP contribution in [-0.4, -0.2) is 15.3 Å². The minimum Gasteiger partial charge on any atom is -0.508 e. The molecule has 0 saturated carbocycles. The largest absolute Gasteiger partial charge is 0.508 e. The van der Waals surface area contributed by atoms with E-state index < -0.39 is 0 Å². The molecule has 386 valence electrons. The summed E-state index contributed by atoms with van der Waals surface area (Å²) < 4.78 is 0. The van der Waals surface area contributed by atoms with Gasteiger partial charge in [0.1, 0.15) is 17.2 Å². The van der Waals surface area contributed by atoms with E-state index in [2.05, 4.69) is 129 Å². The molecule has 0 aliphatic heterocycles. The molecule has 8 rings (SSSR count). The van der Waals surface area contributed by atoms with Crippen molar-refractivity contribution in [2.24, 2.45) is 0 Å². The van der Waals surface area contributed by atoms with E-state index in [1.807, 2.05) is 125 Å². The second-order valence-corrected chi connectivity index (χ2v) is 16.5. The van der Waals surface area contributed by atoms with Gasteiger partial charge < -0.3 is 15.3 Å². The molecule has 0 spiro atoms. The monoisotopic (exact) mass is 999 g/mol. The first kappa shape index (κ1) is 77.8. The number of phenols is 3. The molecule has 5 aromatic carbocycles. The van der Waals surface area contributed by atoms with Crippen molar-refractivity contribution in [3.8, 4) is 17.2 Å². The highest BCUT2D eigenvalue weighted by molar-refractivity contribution is 7.10. The van der Waals surface area contributed by atoms with Crippen LogP contribution in [0.25, 0.3) is 0 Å². The van der Waals surface area contributed by atoms with E-state index in [0.717, 1.165) is 0 Å². The van der Waals surface area contributed by atoms with Crippen molar-refractivity contribution in [2.45, 2.75) is 143 Å². The molecule has 0 fully saturated rings. The minimum absolute atomic E-state index is 0. The standard InChI is InChI=1S/3C6H6O.3C6H8S.2C6H6.4C3H8.3CH4/c3*7-6-4-2-1-3-5-6;3*1-2-6-4-3-5-7-6;2*1-2-4-6-5-3-1;4*1-3-2;;;/h3*1-5,7H;3*3-5H,2H2,1H3;2*1-6H;4*3H2,1-2H3;3*1H4. The fourth-order valence-corrected chi connectivity index (χ4v) is 5.56. The Morgan fingerprint density at radius 2 is 0.391 bits per heavy atom. The molecule has 3 heterocycles. The summed E-state index contributed by atoms with van der Waals surface area (Å²) in [5.74, 6) is 0.965. The predicted molar refractivity (Wildman–Crippen MR) is 322 cm³/mol. The zero-order valence-corrected chi connectivity index (χ0v) is 44.8. The van der Waals surface area contributed by atoms with Crippen LogP contribution in [0, 0.1) is 0 Å². The zero-order chi connectivity index (χ0) is 50.0. The number of aryl methyl sites for hydroxylation is 3. The molecule has 0 unspecified atom stereocenters. The van der Waals surface area contributed by atoms with Gasteiger partial charge in [-0.15, -0.1) is 34.0 Å². The second kappa shape index (κ2) is 69.2. The molecular formula is C63H98O3S3. The van der Waals surface area contributed by atoms with Crippen molar-refractivity contribution < 1.29 is 15.3 Å². The second-order valence-electron chi connectivity index (χ2n) is 13.4. The number of hydrogen-bond donors (Lipinski definition) is 3. The molecule has 0 radical (unpaired) electrons. The maximum atomic E-state index is 8.63. The van der Waals surface area contributed by atoms with E-state index in [9.17, 15) is 0 Å². The Morgan fingerprint density at radius 3 is 0.464 bits per heavy atom. The molecule has 3 nitrogen and oxygen atoms in total. The molecule has 0 amide bonds. The lowest BCUT2D eigenvalue weighted by molar-refractivity contribution is 0.475. The van der Waals surface area contributed by atoms with Gasteiger partial charge in [-0.1, -0.05) is 270 Å². The fraction of sp³-hybridized carbons (Fsp3) is 0.333. The Labute approximate surface area is 438 Å². The highest BCUT2D eigenvalue weighted by atomic mass is 32.1. The van der Waals surface area contributed by atoms with Crippen LogP contribution in [0.2, 0.25) is 0 Å². The van der Waals surface area contributed by atoms with Crippen LogP contribution >= 0.6 is 34.0 Å². The van der Waals surface area contributed by atoms with Gasteiger partial charge in [-0.2, -0.15) is 0 Å². The SMILES string of the molecule is C.C.C.CCC.CCC.CCC.CCC.CCc1cccs1.CCc1cccs1.CCc1cccs1.Oc1ccccc1.Oc1ccccc1.Oc1ccccc1.c1ccccc1.c1ccccc1. The lowest BCUT2D eigenvalue weighted by atomic mass is 10.3. The summed E-state index contributed by atoms with van der Waals surface area (Å²) in [6.45, 7) is 23.5. The van der Waals surface area contributed by atoms with Crippen LogP contribution in [0.1, 0.15) is 139 Å². The van der Waals surface area contributed by atoms with Crippen LogP contribution in [0.4, 0.5) is 0 Å². The summed E-state index contributed by atoms with van der Waals surface area (Å²) in [5, 5.41) is 32.2. The number of phenolic OH excluding ortho intramolecular Hbond substituents is 3. The van der Waals surface area contributed by atoms with Gasteiger partial charge in [0, 0.05) is 14.6 Å². The minimum atomic E-state index is 0. The maximum Gasteiger partial charge on any atom is 0.115 e. The van der Waals surface area contributed by atoms with Gasteiger partial charge in [0.15, 0.2) is 0 Å². The van der Waals surface area contributed by atoms with Gasteiger partial charge in [0.2, 0.25) is 0 Å². The molecule has 3 aromatic heterocycles. The third-order valence-corrected chi connectivity index (χ3v) is 9.45. The Balaban J connectivity index is -0.000000123. The third kappa shape index (κ3) is 69.3. The van der Waals surface area contributed by atoms with Crippen molar-refractivity contribution in [3.05, 3.63) is 231 Å². The first-order valence-electron chi connectivity index (χ1n) is 23.4. The quantitative estimate of drug-likeness (QED) is 0.165. The molecular weight excluding hydrogens is 901 g/mol. The number of aromatic hydroxyl groups is 3. The summed E-state index contributed by atoms with van der Waals surface area (Å²) in [6, 6.07) is 62.9. The zero-order valence-electron chi connectivity index (χ0n) is 42.3. The highest BCUT2D eigenvalue weighted by Gasteiger charge is 1.84. The first-order chi connectivity index (χ1) is 32.1. The highest BCUT2D eigenvalue weighted by Crippen LogP contribution is 2.09. The van der Waals surface area contributed by atoms with Gasteiger partial charge in [0.05, 0.1) is 0 Å². The van der Waals surface area contributed by atoms with Crippen LogP contribution in [-0.2, 0) is 19.3 Å². The first-order valence-corrected chi connectivity index (χ1v) is 26.1. The topological polar surface area (TPSA) is 60.7 Å². The number of thiophene rings is 3. The molecule has 0 bridgehead atoms. The molecule has 0 saturated heterocycles. The van der Waals surface area contributed by atoms with Crippen molar-refractivity contribution in [1.29, 1.82) is 0 Å². The average molecular weight is 1000 g/mol. The number of hydrogen-bond acceptors (Lipinski definition) is 6. The molecule has 0 aliphatic rings. The summed E-state index contributed by atoms with van der Waals surface area (Å²) in [4.78, 5) is 4.42. The Hall–Kier alpha value is -5.40. The molecule has 3 N–H and O–H groups in total. The van der Waals surface area contributed by atoms with Gasteiger partial charge in [-0.25, -0.2) is 0 Å².